The minimum atomic E-state index is 0.393. The highest BCUT2D eigenvalue weighted by atomic mass is 79.9. The molecular formula is C16H18BrNS. The van der Waals surface area contributed by atoms with Crippen LogP contribution in [-0.2, 0) is 5.75 Å². The molecule has 3 heteroatoms. The maximum absolute atomic E-state index is 3.60. The van der Waals surface area contributed by atoms with Crippen LogP contribution in [0.4, 0.5) is 0 Å². The minimum absolute atomic E-state index is 0.393. The highest BCUT2D eigenvalue weighted by Crippen LogP contribution is 2.28. The van der Waals surface area contributed by atoms with E-state index in [2.05, 4.69) is 70.6 Å². The molecule has 0 bridgehead atoms. The van der Waals surface area contributed by atoms with Gasteiger partial charge in [-0.05, 0) is 43.3 Å². The van der Waals surface area contributed by atoms with Crippen LogP contribution in [0, 0.1) is 0 Å². The van der Waals surface area contributed by atoms with Crippen molar-refractivity contribution in [3.63, 3.8) is 0 Å². The first kappa shape index (κ1) is 14.6. The third-order valence-electron chi connectivity index (χ3n) is 3.14. The Balaban J connectivity index is 2.06. The molecule has 1 unspecified atom stereocenters. The predicted octanol–water partition coefficient (Wildman–Crippen LogP) is 5.02. The Morgan fingerprint density at radius 2 is 1.95 bits per heavy atom. The number of benzene rings is 2. The SMILES string of the molecule is CNC(C)c1cccc(SCc2ccccc2Br)c1. The average Bonchev–Trinajstić information content (AvgIpc) is 2.46. The number of hydrogen-bond donors (Lipinski definition) is 1. The maximum atomic E-state index is 3.60. The van der Waals surface area contributed by atoms with Gasteiger partial charge in [-0.25, -0.2) is 0 Å². The summed E-state index contributed by atoms with van der Waals surface area (Å²) in [7, 11) is 1.99. The van der Waals surface area contributed by atoms with Gasteiger partial charge in [0.1, 0.15) is 0 Å². The van der Waals surface area contributed by atoms with Gasteiger partial charge in [0.2, 0.25) is 0 Å². The van der Waals surface area contributed by atoms with Gasteiger partial charge < -0.3 is 5.32 Å². The van der Waals surface area contributed by atoms with Crippen LogP contribution in [-0.4, -0.2) is 7.05 Å². The number of hydrogen-bond acceptors (Lipinski definition) is 2. The van der Waals surface area contributed by atoms with E-state index in [4.69, 9.17) is 0 Å². The number of halogens is 1. The predicted molar refractivity (Wildman–Crippen MR) is 87.6 cm³/mol. The smallest absolute Gasteiger partial charge is 0.0289 e. The molecule has 1 atom stereocenters. The van der Waals surface area contributed by atoms with E-state index in [0.29, 0.717) is 6.04 Å². The van der Waals surface area contributed by atoms with Crippen LogP contribution < -0.4 is 5.32 Å². The molecule has 0 saturated heterocycles. The summed E-state index contributed by atoms with van der Waals surface area (Å²) < 4.78 is 1.18. The highest BCUT2D eigenvalue weighted by molar-refractivity contribution is 9.10. The van der Waals surface area contributed by atoms with Gasteiger partial charge in [0.25, 0.3) is 0 Å². The summed E-state index contributed by atoms with van der Waals surface area (Å²) in [6, 6.07) is 17.5. The van der Waals surface area contributed by atoms with E-state index >= 15 is 0 Å². The summed E-state index contributed by atoms with van der Waals surface area (Å²) in [5.41, 5.74) is 2.67. The molecule has 0 heterocycles. The first-order valence-electron chi connectivity index (χ1n) is 6.34. The van der Waals surface area contributed by atoms with Crippen molar-refractivity contribution in [2.45, 2.75) is 23.6 Å². The summed E-state index contributed by atoms with van der Waals surface area (Å²) in [6.07, 6.45) is 0. The average molecular weight is 336 g/mol. The summed E-state index contributed by atoms with van der Waals surface area (Å²) in [4.78, 5) is 1.32. The van der Waals surface area contributed by atoms with Crippen molar-refractivity contribution < 1.29 is 0 Å². The van der Waals surface area contributed by atoms with E-state index in [1.807, 2.05) is 24.9 Å². The lowest BCUT2D eigenvalue weighted by Gasteiger charge is -2.12. The second-order valence-electron chi connectivity index (χ2n) is 4.46. The third kappa shape index (κ3) is 4.10. The van der Waals surface area contributed by atoms with E-state index in [0.717, 1.165) is 5.75 Å². The summed E-state index contributed by atoms with van der Waals surface area (Å²) in [5.74, 6) is 0.985. The van der Waals surface area contributed by atoms with Gasteiger partial charge in [0.15, 0.2) is 0 Å². The Morgan fingerprint density at radius 3 is 2.68 bits per heavy atom. The van der Waals surface area contributed by atoms with Crippen LogP contribution in [0.1, 0.15) is 24.1 Å². The van der Waals surface area contributed by atoms with Crippen LogP contribution in [0.3, 0.4) is 0 Å². The molecular weight excluding hydrogens is 318 g/mol. The quantitative estimate of drug-likeness (QED) is 0.769. The molecule has 0 amide bonds. The van der Waals surface area contributed by atoms with Gasteiger partial charge in [-0.1, -0.05) is 46.3 Å². The molecule has 0 radical (unpaired) electrons. The van der Waals surface area contributed by atoms with Gasteiger partial charge in [-0.2, -0.15) is 0 Å². The van der Waals surface area contributed by atoms with E-state index in [1.54, 1.807) is 0 Å². The van der Waals surface area contributed by atoms with Crippen molar-refractivity contribution in [2.75, 3.05) is 7.05 Å². The summed E-state index contributed by atoms with van der Waals surface area (Å²) in [5, 5.41) is 3.27. The third-order valence-corrected chi connectivity index (χ3v) is 4.96. The van der Waals surface area contributed by atoms with E-state index in [-0.39, 0.29) is 0 Å². The molecule has 0 aliphatic heterocycles. The molecule has 0 fully saturated rings. The van der Waals surface area contributed by atoms with Crippen molar-refractivity contribution >= 4 is 27.7 Å². The summed E-state index contributed by atoms with van der Waals surface area (Å²) in [6.45, 7) is 2.18. The summed E-state index contributed by atoms with van der Waals surface area (Å²) >= 11 is 5.47. The van der Waals surface area contributed by atoms with Crippen molar-refractivity contribution in [2.24, 2.45) is 0 Å². The lowest BCUT2D eigenvalue weighted by atomic mass is 10.1. The van der Waals surface area contributed by atoms with Crippen molar-refractivity contribution in [1.82, 2.24) is 5.32 Å². The van der Waals surface area contributed by atoms with Crippen molar-refractivity contribution in [3.05, 3.63) is 64.1 Å². The van der Waals surface area contributed by atoms with Crippen LogP contribution in [0.5, 0.6) is 0 Å². The Morgan fingerprint density at radius 1 is 1.16 bits per heavy atom. The van der Waals surface area contributed by atoms with Gasteiger partial charge >= 0.3 is 0 Å². The first-order chi connectivity index (χ1) is 9.20. The molecule has 0 saturated carbocycles. The lowest BCUT2D eigenvalue weighted by molar-refractivity contribution is 0.651. The minimum Gasteiger partial charge on any atom is -0.313 e. The van der Waals surface area contributed by atoms with Crippen LogP contribution >= 0.6 is 27.7 Å². The standard InChI is InChI=1S/C16H18BrNS/c1-12(18-2)13-7-5-8-15(10-13)19-11-14-6-3-4-9-16(14)17/h3-10,12,18H,11H2,1-2H3. The molecule has 2 rings (SSSR count). The lowest BCUT2D eigenvalue weighted by Crippen LogP contribution is -2.11. The molecule has 2 aromatic rings. The van der Waals surface area contributed by atoms with Gasteiger partial charge in [-0.3, -0.25) is 0 Å². The molecule has 0 aromatic heterocycles. The van der Waals surface area contributed by atoms with Gasteiger partial charge in [0, 0.05) is 21.2 Å². The van der Waals surface area contributed by atoms with E-state index in [9.17, 15) is 0 Å². The Bertz CT molecular complexity index is 542. The fourth-order valence-corrected chi connectivity index (χ4v) is 3.40. The first-order valence-corrected chi connectivity index (χ1v) is 8.12. The van der Waals surface area contributed by atoms with Crippen LogP contribution in [0.15, 0.2) is 57.9 Å². The number of rotatable bonds is 5. The van der Waals surface area contributed by atoms with Crippen LogP contribution in [0.2, 0.25) is 0 Å². The molecule has 1 N–H and O–H groups in total. The van der Waals surface area contributed by atoms with Gasteiger partial charge in [0.05, 0.1) is 0 Å². The topological polar surface area (TPSA) is 12.0 Å². The Kier molecular flexibility index (Phi) is 5.49. The van der Waals surface area contributed by atoms with Crippen LogP contribution in [0.25, 0.3) is 0 Å². The van der Waals surface area contributed by atoms with Crippen molar-refractivity contribution in [3.8, 4) is 0 Å². The molecule has 0 aliphatic rings. The molecule has 0 aliphatic carbocycles. The molecule has 100 valence electrons. The molecule has 2 aromatic carbocycles. The molecule has 19 heavy (non-hydrogen) atoms. The fourth-order valence-electron chi connectivity index (χ4n) is 1.82. The molecule has 1 nitrogen and oxygen atoms in total. The Labute approximate surface area is 127 Å². The maximum Gasteiger partial charge on any atom is 0.0289 e. The largest absolute Gasteiger partial charge is 0.313 e. The second-order valence-corrected chi connectivity index (χ2v) is 6.37. The monoisotopic (exact) mass is 335 g/mol. The normalized spacial score (nSPS) is 12.4. The van der Waals surface area contributed by atoms with Crippen molar-refractivity contribution in [1.29, 1.82) is 0 Å². The zero-order valence-electron chi connectivity index (χ0n) is 11.2. The number of nitrogens with one attached hydrogen (secondary N) is 1. The number of thioether (sulfide) groups is 1. The van der Waals surface area contributed by atoms with E-state index < -0.39 is 0 Å². The second kappa shape index (κ2) is 7.13. The fraction of sp³-hybridized carbons (Fsp3) is 0.250. The Hall–Kier alpha value is -0.770. The highest BCUT2D eigenvalue weighted by Gasteiger charge is 2.04. The molecule has 0 spiro atoms. The zero-order valence-corrected chi connectivity index (χ0v) is 13.6. The van der Waals surface area contributed by atoms with Gasteiger partial charge in [-0.15, -0.1) is 11.8 Å². The zero-order chi connectivity index (χ0) is 13.7. The van der Waals surface area contributed by atoms with E-state index in [1.165, 1.54) is 20.5 Å².